The number of carbonyl (C=O) groups excluding carboxylic acids is 4. The van der Waals surface area contributed by atoms with Gasteiger partial charge in [0, 0.05) is 0 Å². The summed E-state index contributed by atoms with van der Waals surface area (Å²) in [6.07, 6.45) is 1.11. The van der Waals surface area contributed by atoms with Crippen LogP contribution in [-0.2, 0) is 32.0 Å². The molecule has 156 valence electrons. The van der Waals surface area contributed by atoms with Gasteiger partial charge in [-0.1, -0.05) is 60.7 Å². The molecule has 0 aliphatic rings. The van der Waals surface area contributed by atoms with Crippen molar-refractivity contribution < 1.29 is 39.6 Å². The van der Waals surface area contributed by atoms with E-state index in [-0.39, 0.29) is 70.1 Å². The molecule has 0 spiro atoms. The minimum absolute atomic E-state index is 0. The Balaban J connectivity index is 0. The number of hydrogen-bond acceptors (Lipinski definition) is 8. The van der Waals surface area contributed by atoms with Crippen LogP contribution in [0.5, 0.6) is 0 Å². The van der Waals surface area contributed by atoms with E-state index >= 15 is 0 Å². The van der Waals surface area contributed by atoms with Gasteiger partial charge in [-0.3, -0.25) is 0 Å². The van der Waals surface area contributed by atoms with Gasteiger partial charge in [-0.25, -0.2) is 0 Å². The van der Waals surface area contributed by atoms with Gasteiger partial charge in [0.1, 0.15) is 0 Å². The van der Waals surface area contributed by atoms with Gasteiger partial charge >= 0.3 is 46.1 Å². The van der Waals surface area contributed by atoms with Crippen molar-refractivity contribution in [2.75, 3.05) is 0 Å². The fourth-order valence-corrected chi connectivity index (χ4v) is 2.28. The summed E-state index contributed by atoms with van der Waals surface area (Å²) >= 11 is 0. The molecule has 0 saturated carbocycles. The molecular weight excluding hydrogens is 441 g/mol. The third kappa shape index (κ3) is 13.6. The van der Waals surface area contributed by atoms with E-state index < -0.39 is 23.9 Å². The fraction of sp³-hybridized carbons (Fsp3) is 0.0909. The molecule has 0 atom stereocenters. The first-order valence-corrected chi connectivity index (χ1v) is 8.52. The summed E-state index contributed by atoms with van der Waals surface area (Å²) in [6, 6.07) is 17.3. The molecule has 0 radical (unpaired) electrons. The van der Waals surface area contributed by atoms with Crippen LogP contribution in [0.1, 0.15) is 11.1 Å². The predicted molar refractivity (Wildman–Crippen MR) is 108 cm³/mol. The Morgan fingerprint density at radius 1 is 0.562 bits per heavy atom. The van der Waals surface area contributed by atoms with E-state index in [1.165, 1.54) is 0 Å². The molecule has 0 aliphatic heterocycles. The van der Waals surface area contributed by atoms with Gasteiger partial charge in [-0.15, -0.1) is 0 Å². The van der Waals surface area contributed by atoms with E-state index in [1.807, 2.05) is 0 Å². The van der Waals surface area contributed by atoms with E-state index in [0.717, 1.165) is 0 Å². The molecule has 2 rings (SSSR count). The molecule has 32 heavy (non-hydrogen) atoms. The molecule has 2 aromatic carbocycles. The van der Waals surface area contributed by atoms with Crippen LogP contribution in [0.25, 0.3) is 0 Å². The SMILES string of the molecule is O=C([O-])/C=C(/Cc1ccccc1)C(=O)[O-].O=C([O-])/C=C(/Cc1ccccc1)C(=O)[O-].[Mg+2].[Mg+2]. The average molecular weight is 457 g/mol. The van der Waals surface area contributed by atoms with Gasteiger partial charge in [0.15, 0.2) is 0 Å². The first-order valence-electron chi connectivity index (χ1n) is 8.52. The zero-order chi connectivity index (χ0) is 22.5. The zero-order valence-corrected chi connectivity index (χ0v) is 19.9. The third-order valence-corrected chi connectivity index (χ3v) is 3.58. The number of carbonyl (C=O) groups is 4. The summed E-state index contributed by atoms with van der Waals surface area (Å²) in [7, 11) is 0. The predicted octanol–water partition coefficient (Wildman–Crippen LogP) is -3.45. The van der Waals surface area contributed by atoms with Crippen molar-refractivity contribution in [1.82, 2.24) is 0 Å². The minimum Gasteiger partial charge on any atom is -0.545 e. The summed E-state index contributed by atoms with van der Waals surface area (Å²) in [5.74, 6) is -6.07. The van der Waals surface area contributed by atoms with Crippen molar-refractivity contribution >= 4 is 70.0 Å². The molecule has 2 aromatic rings. The van der Waals surface area contributed by atoms with Crippen LogP contribution >= 0.6 is 0 Å². The molecule has 0 saturated heterocycles. The van der Waals surface area contributed by atoms with Crippen molar-refractivity contribution in [3.63, 3.8) is 0 Å². The second kappa shape index (κ2) is 17.0. The topological polar surface area (TPSA) is 161 Å². The Hall–Kier alpha value is -2.67. The van der Waals surface area contributed by atoms with E-state index in [1.54, 1.807) is 60.7 Å². The quantitative estimate of drug-likeness (QED) is 0.292. The van der Waals surface area contributed by atoms with Crippen LogP contribution in [-0.4, -0.2) is 70.0 Å². The number of rotatable bonds is 8. The minimum atomic E-state index is -1.54. The third-order valence-electron chi connectivity index (χ3n) is 3.58. The Morgan fingerprint density at radius 3 is 1.06 bits per heavy atom. The van der Waals surface area contributed by atoms with Crippen LogP contribution in [0.2, 0.25) is 0 Å². The maximum Gasteiger partial charge on any atom is 2.00 e. The smallest absolute Gasteiger partial charge is 0.545 e. The summed E-state index contributed by atoms with van der Waals surface area (Å²) < 4.78 is 0. The van der Waals surface area contributed by atoms with Gasteiger partial charge in [0.2, 0.25) is 0 Å². The molecule has 0 bridgehead atoms. The summed E-state index contributed by atoms with van der Waals surface area (Å²) in [6.45, 7) is 0. The van der Waals surface area contributed by atoms with Gasteiger partial charge in [0.25, 0.3) is 0 Å². The zero-order valence-electron chi connectivity index (χ0n) is 17.0. The standard InChI is InChI=1S/2C11H10O4.2Mg/c2*12-10(13)7-9(11(14)15)6-8-4-2-1-3-5-8;;/h2*1-5,7H,6H2,(H,12,13)(H,14,15);;/q;;2*+2/p-4/b2*9-7-;;. The van der Waals surface area contributed by atoms with Crippen molar-refractivity contribution in [3.05, 3.63) is 95.1 Å². The van der Waals surface area contributed by atoms with Crippen molar-refractivity contribution in [2.24, 2.45) is 0 Å². The molecule has 0 N–H and O–H groups in total. The Bertz CT molecular complexity index is 875. The van der Waals surface area contributed by atoms with Gasteiger partial charge in [-0.05, 0) is 47.3 Å². The molecule has 0 aliphatic carbocycles. The Morgan fingerprint density at radius 2 is 0.844 bits per heavy atom. The number of carboxylic acid groups (broad SMARTS) is 4. The number of hydrogen-bond donors (Lipinski definition) is 0. The van der Waals surface area contributed by atoms with E-state index in [9.17, 15) is 39.6 Å². The van der Waals surface area contributed by atoms with Crippen LogP contribution < -0.4 is 20.4 Å². The van der Waals surface area contributed by atoms with Gasteiger partial charge in [-0.2, -0.15) is 0 Å². The first-order chi connectivity index (χ1) is 14.2. The second-order valence-electron chi connectivity index (χ2n) is 5.88. The van der Waals surface area contributed by atoms with Crippen molar-refractivity contribution in [2.45, 2.75) is 12.8 Å². The maximum absolute atomic E-state index is 10.6. The van der Waals surface area contributed by atoms with Crippen LogP contribution in [0.4, 0.5) is 0 Å². The Labute approximate surface area is 216 Å². The van der Waals surface area contributed by atoms with Gasteiger partial charge < -0.3 is 39.6 Å². The number of carboxylic acids is 4. The average Bonchev–Trinajstić information content (AvgIpc) is 2.68. The molecule has 0 aromatic heterocycles. The normalized spacial score (nSPS) is 10.4. The monoisotopic (exact) mass is 456 g/mol. The second-order valence-corrected chi connectivity index (χ2v) is 5.88. The van der Waals surface area contributed by atoms with Crippen molar-refractivity contribution in [3.8, 4) is 0 Å². The molecule has 0 heterocycles. The molecule has 8 nitrogen and oxygen atoms in total. The van der Waals surface area contributed by atoms with E-state index in [0.29, 0.717) is 23.3 Å². The number of benzene rings is 2. The fourth-order valence-electron chi connectivity index (χ4n) is 2.28. The van der Waals surface area contributed by atoms with E-state index in [4.69, 9.17) is 0 Å². The maximum atomic E-state index is 10.6. The van der Waals surface area contributed by atoms with Crippen LogP contribution in [0.15, 0.2) is 84.0 Å². The van der Waals surface area contributed by atoms with Crippen LogP contribution in [0.3, 0.4) is 0 Å². The van der Waals surface area contributed by atoms with Crippen LogP contribution in [0, 0.1) is 0 Å². The largest absolute Gasteiger partial charge is 2.00 e. The number of aliphatic carboxylic acids is 4. The summed E-state index contributed by atoms with van der Waals surface area (Å²) in [4.78, 5) is 41.6. The van der Waals surface area contributed by atoms with Gasteiger partial charge in [0.05, 0.1) is 23.9 Å². The molecular formula is C22H16Mg2O8. The Kier molecular flexibility index (Phi) is 16.7. The molecule has 0 unspecified atom stereocenters. The first kappa shape index (κ1) is 31.5. The molecule has 10 heteroatoms. The van der Waals surface area contributed by atoms with E-state index in [2.05, 4.69) is 0 Å². The summed E-state index contributed by atoms with van der Waals surface area (Å²) in [5.41, 5.74) is 0.797. The molecule has 0 amide bonds. The molecule has 0 fully saturated rings. The van der Waals surface area contributed by atoms with Crippen molar-refractivity contribution in [1.29, 1.82) is 0 Å². The summed E-state index contributed by atoms with van der Waals surface area (Å²) in [5, 5.41) is 41.6.